The van der Waals surface area contributed by atoms with Crippen molar-refractivity contribution in [1.82, 2.24) is 9.55 Å². The molecule has 0 aliphatic rings. The summed E-state index contributed by atoms with van der Waals surface area (Å²) < 4.78 is 1.67. The Morgan fingerprint density at radius 3 is 2.41 bits per heavy atom. The van der Waals surface area contributed by atoms with Crippen molar-refractivity contribution in [2.45, 2.75) is 0 Å². The lowest BCUT2D eigenvalue weighted by molar-refractivity contribution is 1.02. The summed E-state index contributed by atoms with van der Waals surface area (Å²) in [5, 5.41) is 0. The van der Waals surface area contributed by atoms with E-state index in [-0.39, 0.29) is 5.56 Å². The molecule has 1 heterocycles. The summed E-state index contributed by atoms with van der Waals surface area (Å²) in [6.07, 6.45) is 1.36. The van der Waals surface area contributed by atoms with Crippen LogP contribution in [-0.2, 0) is 0 Å². The van der Waals surface area contributed by atoms with Crippen LogP contribution in [0.4, 0.5) is 0 Å². The third kappa shape index (κ3) is 1.61. The molecule has 0 spiro atoms. The number of fused-ring (bicyclic) bond motifs is 1. The predicted octanol–water partition coefficient (Wildman–Crippen LogP) is 2.39. The van der Waals surface area contributed by atoms with Crippen LogP contribution >= 0.6 is 0 Å². The number of hydrogen-bond acceptors (Lipinski definition) is 2. The van der Waals surface area contributed by atoms with Crippen molar-refractivity contribution in [2.75, 3.05) is 0 Å². The molecule has 0 fully saturated rings. The third-order valence-electron chi connectivity index (χ3n) is 2.67. The molecule has 3 rings (SSSR count). The molecule has 0 saturated heterocycles. The molecule has 0 unspecified atom stereocenters. The van der Waals surface area contributed by atoms with Crippen LogP contribution in [0.25, 0.3) is 16.7 Å². The second-order valence-electron chi connectivity index (χ2n) is 3.76. The minimum atomic E-state index is -0.116. The summed E-state index contributed by atoms with van der Waals surface area (Å²) in [5.74, 6) is 0. The second-order valence-corrected chi connectivity index (χ2v) is 3.76. The number of para-hydroxylation sites is 3. The first-order chi connectivity index (χ1) is 8.36. The Hall–Kier alpha value is -2.42. The summed E-state index contributed by atoms with van der Waals surface area (Å²) >= 11 is 0. The fraction of sp³-hybridized carbons (Fsp3) is 0. The van der Waals surface area contributed by atoms with Crippen molar-refractivity contribution in [1.29, 1.82) is 0 Å². The fourth-order valence-electron chi connectivity index (χ4n) is 1.91. The van der Waals surface area contributed by atoms with Crippen molar-refractivity contribution < 1.29 is 0 Å². The molecule has 0 N–H and O–H groups in total. The Morgan fingerprint density at radius 1 is 0.882 bits per heavy atom. The normalized spacial score (nSPS) is 10.6. The summed E-state index contributed by atoms with van der Waals surface area (Å²) in [5.41, 5.74) is 2.38. The van der Waals surface area contributed by atoms with E-state index in [2.05, 4.69) is 4.98 Å². The van der Waals surface area contributed by atoms with Crippen molar-refractivity contribution in [3.8, 4) is 5.69 Å². The van der Waals surface area contributed by atoms with Crippen LogP contribution in [0, 0.1) is 0 Å². The zero-order valence-electron chi connectivity index (χ0n) is 9.08. The lowest BCUT2D eigenvalue weighted by Crippen LogP contribution is -2.18. The van der Waals surface area contributed by atoms with Crippen molar-refractivity contribution in [2.24, 2.45) is 0 Å². The Labute approximate surface area is 98.0 Å². The van der Waals surface area contributed by atoms with Crippen molar-refractivity contribution >= 4 is 11.0 Å². The minimum Gasteiger partial charge on any atom is -0.274 e. The van der Waals surface area contributed by atoms with Gasteiger partial charge in [-0.05, 0) is 24.3 Å². The van der Waals surface area contributed by atoms with E-state index in [1.54, 1.807) is 4.57 Å². The van der Waals surface area contributed by atoms with Gasteiger partial charge in [0.2, 0.25) is 0 Å². The molecule has 3 heteroatoms. The zero-order chi connectivity index (χ0) is 11.7. The molecule has 0 atom stereocenters. The number of aromatic nitrogens is 2. The van der Waals surface area contributed by atoms with Crippen LogP contribution in [0.1, 0.15) is 0 Å². The van der Waals surface area contributed by atoms with E-state index in [0.717, 1.165) is 16.7 Å². The van der Waals surface area contributed by atoms with Gasteiger partial charge < -0.3 is 0 Å². The topological polar surface area (TPSA) is 34.9 Å². The van der Waals surface area contributed by atoms with Gasteiger partial charge in [0.15, 0.2) is 0 Å². The monoisotopic (exact) mass is 222 g/mol. The maximum absolute atomic E-state index is 11.9. The molecule has 17 heavy (non-hydrogen) atoms. The largest absolute Gasteiger partial charge is 0.274 e. The quantitative estimate of drug-likeness (QED) is 0.633. The minimum absolute atomic E-state index is 0.116. The van der Waals surface area contributed by atoms with E-state index < -0.39 is 0 Å². The highest BCUT2D eigenvalue weighted by Gasteiger charge is 2.04. The molecule has 82 valence electrons. The molecule has 0 radical (unpaired) electrons. The average Bonchev–Trinajstić information content (AvgIpc) is 2.39. The standard InChI is InChI=1S/C14H10N2O/c17-14-10-15-12-8-4-5-9-13(12)16(14)11-6-2-1-3-7-11/h1-10H. The van der Waals surface area contributed by atoms with E-state index in [9.17, 15) is 4.79 Å². The molecule has 0 saturated carbocycles. The van der Waals surface area contributed by atoms with Crippen LogP contribution in [0.2, 0.25) is 0 Å². The van der Waals surface area contributed by atoms with E-state index >= 15 is 0 Å². The van der Waals surface area contributed by atoms with Gasteiger partial charge in [-0.2, -0.15) is 0 Å². The maximum atomic E-state index is 11.9. The molecule has 0 bridgehead atoms. The highest BCUT2D eigenvalue weighted by atomic mass is 16.1. The number of nitrogens with zero attached hydrogens (tertiary/aromatic N) is 2. The van der Waals surface area contributed by atoms with Crippen LogP contribution in [0.15, 0.2) is 65.6 Å². The number of rotatable bonds is 1. The lowest BCUT2D eigenvalue weighted by Gasteiger charge is -2.08. The van der Waals surface area contributed by atoms with Gasteiger partial charge in [-0.25, -0.2) is 4.98 Å². The first-order valence-electron chi connectivity index (χ1n) is 5.38. The van der Waals surface area contributed by atoms with Crippen LogP contribution in [-0.4, -0.2) is 9.55 Å². The average molecular weight is 222 g/mol. The van der Waals surface area contributed by atoms with E-state index in [1.165, 1.54) is 6.20 Å². The molecule has 0 aliphatic heterocycles. The molecule has 1 aromatic heterocycles. The second kappa shape index (κ2) is 3.87. The predicted molar refractivity (Wildman–Crippen MR) is 67.3 cm³/mol. The highest BCUT2D eigenvalue weighted by molar-refractivity contribution is 5.76. The van der Waals surface area contributed by atoms with Gasteiger partial charge in [0, 0.05) is 5.69 Å². The number of benzene rings is 2. The third-order valence-corrected chi connectivity index (χ3v) is 2.67. The molecule has 3 nitrogen and oxygen atoms in total. The van der Waals surface area contributed by atoms with E-state index in [0.29, 0.717) is 0 Å². The van der Waals surface area contributed by atoms with Gasteiger partial charge in [-0.1, -0.05) is 30.3 Å². The Morgan fingerprint density at radius 2 is 1.59 bits per heavy atom. The smallest absolute Gasteiger partial charge is 0.274 e. The maximum Gasteiger partial charge on any atom is 0.274 e. The Bertz CT molecular complexity index is 717. The Balaban J connectivity index is 2.43. The lowest BCUT2D eigenvalue weighted by atomic mass is 10.2. The van der Waals surface area contributed by atoms with E-state index in [1.807, 2.05) is 54.6 Å². The summed E-state index contributed by atoms with van der Waals surface area (Å²) in [4.78, 5) is 16.1. The first kappa shape index (κ1) is 9.78. The van der Waals surface area contributed by atoms with Gasteiger partial charge in [0.1, 0.15) is 0 Å². The summed E-state index contributed by atoms with van der Waals surface area (Å²) in [6, 6.07) is 17.2. The van der Waals surface area contributed by atoms with E-state index in [4.69, 9.17) is 0 Å². The van der Waals surface area contributed by atoms with Gasteiger partial charge in [-0.15, -0.1) is 0 Å². The van der Waals surface area contributed by atoms with Crippen LogP contribution in [0.3, 0.4) is 0 Å². The molecule has 3 aromatic rings. The van der Waals surface area contributed by atoms with Crippen molar-refractivity contribution in [3.05, 3.63) is 71.1 Å². The van der Waals surface area contributed by atoms with Crippen LogP contribution < -0.4 is 5.56 Å². The van der Waals surface area contributed by atoms with Crippen LogP contribution in [0.5, 0.6) is 0 Å². The number of hydrogen-bond donors (Lipinski definition) is 0. The molecular formula is C14H10N2O. The van der Waals surface area contributed by atoms with Gasteiger partial charge >= 0.3 is 0 Å². The van der Waals surface area contributed by atoms with Crippen molar-refractivity contribution in [3.63, 3.8) is 0 Å². The Kier molecular flexibility index (Phi) is 2.22. The molecular weight excluding hydrogens is 212 g/mol. The molecule has 2 aromatic carbocycles. The fourth-order valence-corrected chi connectivity index (χ4v) is 1.91. The zero-order valence-corrected chi connectivity index (χ0v) is 9.08. The molecule has 0 amide bonds. The van der Waals surface area contributed by atoms with Gasteiger partial charge in [0.25, 0.3) is 5.56 Å². The highest BCUT2D eigenvalue weighted by Crippen LogP contribution is 2.13. The summed E-state index contributed by atoms with van der Waals surface area (Å²) in [7, 11) is 0. The van der Waals surface area contributed by atoms with Gasteiger partial charge in [-0.3, -0.25) is 9.36 Å². The first-order valence-corrected chi connectivity index (χ1v) is 5.38. The SMILES string of the molecule is O=c1cnc2ccccc2n1-c1ccccc1. The molecule has 0 aliphatic carbocycles. The summed E-state index contributed by atoms with van der Waals surface area (Å²) in [6.45, 7) is 0. The van der Waals surface area contributed by atoms with Gasteiger partial charge in [0.05, 0.1) is 17.2 Å².